The van der Waals surface area contributed by atoms with Gasteiger partial charge in [0, 0.05) is 30.8 Å². The number of carbonyl (C=O) groups excluding carboxylic acids is 2. The molecule has 0 radical (unpaired) electrons. The summed E-state index contributed by atoms with van der Waals surface area (Å²) in [5.74, 6) is 0.366. The molecule has 1 aliphatic carbocycles. The summed E-state index contributed by atoms with van der Waals surface area (Å²) in [5.41, 5.74) is 3.47. The zero-order valence-electron chi connectivity index (χ0n) is 15.5. The van der Waals surface area contributed by atoms with Gasteiger partial charge in [-0.05, 0) is 42.5 Å². The van der Waals surface area contributed by atoms with Crippen LogP contribution in [0.1, 0.15) is 24.0 Å². The van der Waals surface area contributed by atoms with Crippen molar-refractivity contribution in [2.24, 2.45) is 5.92 Å². The van der Waals surface area contributed by atoms with Crippen molar-refractivity contribution in [3.05, 3.63) is 59.7 Å². The van der Waals surface area contributed by atoms with Crippen LogP contribution in [0.4, 0.5) is 5.69 Å². The highest BCUT2D eigenvalue weighted by Gasteiger charge is 2.36. The van der Waals surface area contributed by atoms with Gasteiger partial charge >= 0.3 is 0 Å². The van der Waals surface area contributed by atoms with Gasteiger partial charge in [-0.15, -0.1) is 0 Å². The van der Waals surface area contributed by atoms with Gasteiger partial charge in [0.15, 0.2) is 0 Å². The molecule has 0 bridgehead atoms. The summed E-state index contributed by atoms with van der Waals surface area (Å²) in [6.45, 7) is 0.418. The Kier molecular flexibility index (Phi) is 4.84. The number of methoxy groups -OCH3 is 1. The Morgan fingerprint density at radius 3 is 2.74 bits per heavy atom. The average molecular weight is 364 g/mol. The second-order valence-electron chi connectivity index (χ2n) is 7.32. The number of fused-ring (bicyclic) bond motifs is 1. The van der Waals surface area contributed by atoms with Gasteiger partial charge in [0.1, 0.15) is 5.75 Å². The molecule has 1 heterocycles. The Bertz CT molecular complexity index is 864. The topological polar surface area (TPSA) is 58.6 Å². The Labute approximate surface area is 159 Å². The Morgan fingerprint density at radius 2 is 1.93 bits per heavy atom. The van der Waals surface area contributed by atoms with Crippen molar-refractivity contribution in [2.45, 2.75) is 31.7 Å². The summed E-state index contributed by atoms with van der Waals surface area (Å²) in [6.07, 6.45) is 3.05. The molecule has 2 unspecified atom stereocenters. The Balaban J connectivity index is 1.39. The van der Waals surface area contributed by atoms with Crippen LogP contribution in [0.5, 0.6) is 5.75 Å². The number of amides is 2. The molecule has 1 N–H and O–H groups in total. The van der Waals surface area contributed by atoms with E-state index in [4.69, 9.17) is 4.74 Å². The quantitative estimate of drug-likeness (QED) is 0.908. The number of rotatable bonds is 4. The minimum atomic E-state index is -0.305. The normalized spacial score (nSPS) is 21.7. The number of nitrogens with zero attached hydrogens (tertiary/aromatic N) is 1. The number of nitrogens with one attached hydrogen (secondary N) is 1. The predicted molar refractivity (Wildman–Crippen MR) is 104 cm³/mol. The third kappa shape index (κ3) is 3.68. The number of hydrogen-bond donors (Lipinski definition) is 1. The maximum absolute atomic E-state index is 12.8. The minimum absolute atomic E-state index is 0.0156. The molecule has 4 rings (SSSR count). The van der Waals surface area contributed by atoms with Gasteiger partial charge in [-0.25, -0.2) is 0 Å². The lowest BCUT2D eigenvalue weighted by atomic mass is 9.88. The highest BCUT2D eigenvalue weighted by Crippen LogP contribution is 2.28. The fraction of sp³-hybridized carbons (Fsp3) is 0.364. The fourth-order valence-corrected chi connectivity index (χ4v) is 4.05. The van der Waals surface area contributed by atoms with E-state index in [9.17, 15) is 9.59 Å². The van der Waals surface area contributed by atoms with E-state index in [-0.39, 0.29) is 30.2 Å². The van der Waals surface area contributed by atoms with Crippen molar-refractivity contribution in [3.8, 4) is 5.75 Å². The number of benzene rings is 2. The largest absolute Gasteiger partial charge is 0.497 e. The average Bonchev–Trinajstić information content (AvgIpc) is 3.10. The molecule has 2 aromatic rings. The Hall–Kier alpha value is -2.82. The molecule has 27 heavy (non-hydrogen) atoms. The molecular weight excluding hydrogens is 340 g/mol. The third-order valence-electron chi connectivity index (χ3n) is 5.55. The molecule has 5 heteroatoms. The molecule has 2 aliphatic rings. The van der Waals surface area contributed by atoms with Gasteiger partial charge in [-0.1, -0.05) is 30.3 Å². The summed E-state index contributed by atoms with van der Waals surface area (Å²) in [4.78, 5) is 26.9. The van der Waals surface area contributed by atoms with E-state index >= 15 is 0 Å². The second-order valence-corrected chi connectivity index (χ2v) is 7.32. The molecule has 1 fully saturated rings. The molecule has 2 atom stereocenters. The van der Waals surface area contributed by atoms with Gasteiger partial charge in [-0.3, -0.25) is 9.59 Å². The lowest BCUT2D eigenvalue weighted by Gasteiger charge is -2.26. The second kappa shape index (κ2) is 7.43. The van der Waals surface area contributed by atoms with Gasteiger partial charge < -0.3 is 15.0 Å². The predicted octanol–water partition coefficient (Wildman–Crippen LogP) is 2.72. The van der Waals surface area contributed by atoms with Gasteiger partial charge in [0.05, 0.1) is 13.0 Å². The number of ether oxygens (including phenoxy) is 1. The molecule has 2 aromatic carbocycles. The maximum atomic E-state index is 12.8. The molecule has 0 aromatic heterocycles. The van der Waals surface area contributed by atoms with Crippen LogP contribution in [-0.2, 0) is 22.4 Å². The molecule has 2 amide bonds. The SMILES string of the molecule is COc1cccc(N2CC(C(=O)NC3CCc4ccccc4C3)CC2=O)c1. The summed E-state index contributed by atoms with van der Waals surface area (Å²) in [5, 5.41) is 3.17. The number of anilines is 1. The van der Waals surface area contributed by atoms with Crippen molar-refractivity contribution < 1.29 is 14.3 Å². The van der Waals surface area contributed by atoms with Crippen LogP contribution < -0.4 is 15.0 Å². The van der Waals surface area contributed by atoms with Crippen molar-refractivity contribution in [1.29, 1.82) is 0 Å². The first kappa shape index (κ1) is 17.6. The molecule has 0 saturated carbocycles. The summed E-state index contributed by atoms with van der Waals surface area (Å²) in [7, 11) is 1.60. The molecule has 1 aliphatic heterocycles. The monoisotopic (exact) mass is 364 g/mol. The number of carbonyl (C=O) groups is 2. The van der Waals surface area contributed by atoms with E-state index < -0.39 is 0 Å². The van der Waals surface area contributed by atoms with E-state index in [0.717, 1.165) is 24.9 Å². The zero-order valence-corrected chi connectivity index (χ0v) is 15.5. The number of aryl methyl sites for hydroxylation is 1. The maximum Gasteiger partial charge on any atom is 0.227 e. The van der Waals surface area contributed by atoms with Crippen molar-refractivity contribution in [3.63, 3.8) is 0 Å². The van der Waals surface area contributed by atoms with E-state index in [1.807, 2.05) is 30.3 Å². The summed E-state index contributed by atoms with van der Waals surface area (Å²) < 4.78 is 5.24. The van der Waals surface area contributed by atoms with E-state index in [0.29, 0.717) is 12.3 Å². The van der Waals surface area contributed by atoms with Crippen LogP contribution in [-0.4, -0.2) is 31.5 Å². The van der Waals surface area contributed by atoms with E-state index in [1.165, 1.54) is 11.1 Å². The third-order valence-corrected chi connectivity index (χ3v) is 5.55. The zero-order chi connectivity index (χ0) is 18.8. The number of hydrogen-bond acceptors (Lipinski definition) is 3. The van der Waals surface area contributed by atoms with Gasteiger partial charge in [-0.2, -0.15) is 0 Å². The highest BCUT2D eigenvalue weighted by molar-refractivity contribution is 6.00. The Morgan fingerprint density at radius 1 is 1.11 bits per heavy atom. The van der Waals surface area contributed by atoms with Gasteiger partial charge in [0.25, 0.3) is 0 Å². The molecule has 140 valence electrons. The lowest BCUT2D eigenvalue weighted by molar-refractivity contribution is -0.127. The van der Waals surface area contributed by atoms with Crippen LogP contribution in [0.3, 0.4) is 0 Å². The van der Waals surface area contributed by atoms with Crippen LogP contribution in [0, 0.1) is 5.92 Å². The smallest absolute Gasteiger partial charge is 0.227 e. The fourth-order valence-electron chi connectivity index (χ4n) is 4.05. The van der Waals surface area contributed by atoms with E-state index in [2.05, 4.69) is 23.5 Å². The summed E-state index contributed by atoms with van der Waals surface area (Å²) >= 11 is 0. The molecule has 1 saturated heterocycles. The van der Waals surface area contributed by atoms with E-state index in [1.54, 1.807) is 12.0 Å². The van der Waals surface area contributed by atoms with Crippen LogP contribution in [0.2, 0.25) is 0 Å². The first-order chi connectivity index (χ1) is 13.1. The molecule has 0 spiro atoms. The van der Waals surface area contributed by atoms with Crippen LogP contribution in [0.25, 0.3) is 0 Å². The van der Waals surface area contributed by atoms with Crippen molar-refractivity contribution >= 4 is 17.5 Å². The lowest BCUT2D eigenvalue weighted by Crippen LogP contribution is -2.42. The first-order valence-corrected chi connectivity index (χ1v) is 9.45. The summed E-state index contributed by atoms with van der Waals surface area (Å²) in [6, 6.07) is 16.0. The van der Waals surface area contributed by atoms with Crippen LogP contribution in [0.15, 0.2) is 48.5 Å². The van der Waals surface area contributed by atoms with Crippen molar-refractivity contribution in [2.75, 3.05) is 18.6 Å². The highest BCUT2D eigenvalue weighted by atomic mass is 16.5. The van der Waals surface area contributed by atoms with Crippen LogP contribution >= 0.6 is 0 Å². The standard InChI is InChI=1S/C22H24N2O3/c1-27-20-8-4-7-19(13-20)24-14-17(12-21(24)25)22(26)23-18-10-9-15-5-2-3-6-16(15)11-18/h2-8,13,17-18H,9-12,14H2,1H3,(H,23,26). The van der Waals surface area contributed by atoms with Gasteiger partial charge in [0.2, 0.25) is 11.8 Å². The molecular formula is C22H24N2O3. The van der Waals surface area contributed by atoms with Crippen molar-refractivity contribution in [1.82, 2.24) is 5.32 Å². The minimum Gasteiger partial charge on any atom is -0.497 e. The molecule has 5 nitrogen and oxygen atoms in total. The first-order valence-electron chi connectivity index (χ1n) is 9.45.